The summed E-state index contributed by atoms with van der Waals surface area (Å²) in [4.78, 5) is 0. The van der Waals surface area contributed by atoms with Crippen LogP contribution >= 0.6 is 0 Å². The topological polar surface area (TPSA) is 43.4 Å². The Kier molecular flexibility index (Phi) is 6.24. The van der Waals surface area contributed by atoms with Gasteiger partial charge in [-0.3, -0.25) is 0 Å². The van der Waals surface area contributed by atoms with Crippen LogP contribution in [0.3, 0.4) is 0 Å². The highest BCUT2D eigenvalue weighted by Crippen LogP contribution is 2.50. The first kappa shape index (κ1) is 20.7. The first-order valence-corrected chi connectivity index (χ1v) is 12.4. The van der Waals surface area contributed by atoms with Gasteiger partial charge in [0.15, 0.2) is 9.84 Å². The third-order valence-electron chi connectivity index (χ3n) is 5.86. The van der Waals surface area contributed by atoms with Crippen LogP contribution in [0.5, 0.6) is 5.75 Å². The minimum atomic E-state index is -3.01. The number of hydrogen-bond donors (Lipinski definition) is 0. The third kappa shape index (κ3) is 6.81. The molecule has 0 N–H and O–H groups in total. The lowest BCUT2D eigenvalue weighted by Crippen LogP contribution is -2.23. The van der Waals surface area contributed by atoms with Gasteiger partial charge in [-0.15, -0.1) is 0 Å². The van der Waals surface area contributed by atoms with Crippen molar-refractivity contribution in [3.63, 3.8) is 0 Å². The standard InChI is InChI=1S/C23H36O3S/c1-22(2,3)12-5-4-6-15-27(24,25)18-23(13-14-23)20-8-7-9-21(16-20)26-17-19-10-11-19/h7-9,16,19H,4-6,10-15,17-18H2,1-3H3. The summed E-state index contributed by atoms with van der Waals surface area (Å²) in [5.74, 6) is 2.25. The summed E-state index contributed by atoms with van der Waals surface area (Å²) in [6.45, 7) is 7.51. The van der Waals surface area contributed by atoms with Crippen LogP contribution in [0.2, 0.25) is 0 Å². The van der Waals surface area contributed by atoms with Crippen molar-refractivity contribution in [1.29, 1.82) is 0 Å². The van der Waals surface area contributed by atoms with Crippen molar-refractivity contribution < 1.29 is 13.2 Å². The molecule has 0 radical (unpaired) electrons. The molecule has 0 aliphatic heterocycles. The highest BCUT2D eigenvalue weighted by Gasteiger charge is 2.47. The van der Waals surface area contributed by atoms with E-state index in [-0.39, 0.29) is 5.41 Å². The SMILES string of the molecule is CC(C)(C)CCCCCS(=O)(=O)CC1(c2cccc(OCC3CC3)c2)CC1. The maximum Gasteiger partial charge on any atom is 0.151 e. The molecular weight excluding hydrogens is 356 g/mol. The Morgan fingerprint density at radius 3 is 2.48 bits per heavy atom. The summed E-state index contributed by atoms with van der Waals surface area (Å²) in [6.07, 6.45) is 8.57. The van der Waals surface area contributed by atoms with E-state index in [1.165, 1.54) is 12.8 Å². The number of unbranched alkanes of at least 4 members (excludes halogenated alkanes) is 2. The second kappa shape index (κ2) is 8.14. The fourth-order valence-electron chi connectivity index (χ4n) is 3.73. The van der Waals surface area contributed by atoms with Crippen molar-refractivity contribution in [2.45, 2.75) is 77.6 Å². The van der Waals surface area contributed by atoms with Crippen LogP contribution in [0.1, 0.15) is 77.7 Å². The number of ether oxygens (including phenoxy) is 1. The van der Waals surface area contributed by atoms with Gasteiger partial charge in [0.1, 0.15) is 5.75 Å². The lowest BCUT2D eigenvalue weighted by molar-refractivity contribution is 0.299. The summed E-state index contributed by atoms with van der Waals surface area (Å²) >= 11 is 0. The largest absolute Gasteiger partial charge is 0.493 e. The predicted molar refractivity (Wildman–Crippen MR) is 112 cm³/mol. The van der Waals surface area contributed by atoms with Crippen LogP contribution in [0, 0.1) is 11.3 Å². The van der Waals surface area contributed by atoms with Gasteiger partial charge in [-0.25, -0.2) is 8.42 Å². The minimum absolute atomic E-state index is 0.163. The summed E-state index contributed by atoms with van der Waals surface area (Å²) in [6, 6.07) is 8.16. The smallest absolute Gasteiger partial charge is 0.151 e. The molecule has 0 unspecified atom stereocenters. The number of rotatable bonds is 11. The van der Waals surface area contributed by atoms with Gasteiger partial charge < -0.3 is 4.74 Å². The zero-order chi connectivity index (χ0) is 19.5. The van der Waals surface area contributed by atoms with Crippen molar-refractivity contribution in [2.24, 2.45) is 11.3 Å². The van der Waals surface area contributed by atoms with Crippen LogP contribution in [0.25, 0.3) is 0 Å². The first-order chi connectivity index (χ1) is 12.7. The molecule has 3 rings (SSSR count). The van der Waals surface area contributed by atoms with Crippen LogP contribution in [0.4, 0.5) is 0 Å². The fraction of sp³-hybridized carbons (Fsp3) is 0.739. The second-order valence-corrected chi connectivity index (χ2v) is 12.2. The highest BCUT2D eigenvalue weighted by atomic mass is 32.2. The monoisotopic (exact) mass is 392 g/mol. The Morgan fingerprint density at radius 2 is 1.85 bits per heavy atom. The molecular formula is C23H36O3S. The molecule has 0 saturated heterocycles. The Morgan fingerprint density at radius 1 is 1.11 bits per heavy atom. The molecule has 0 heterocycles. The van der Waals surface area contributed by atoms with Crippen LogP contribution in [-0.2, 0) is 15.3 Å². The Hall–Kier alpha value is -1.03. The lowest BCUT2D eigenvalue weighted by Gasteiger charge is -2.18. The molecule has 1 aromatic rings. The van der Waals surface area contributed by atoms with Crippen molar-refractivity contribution >= 4 is 9.84 Å². The van der Waals surface area contributed by atoms with Crippen molar-refractivity contribution in [3.8, 4) is 5.75 Å². The average Bonchev–Trinajstić information content (AvgIpc) is 3.48. The maximum atomic E-state index is 12.7. The molecule has 4 heteroatoms. The van der Waals surface area contributed by atoms with Gasteiger partial charge in [-0.05, 0) is 67.6 Å². The molecule has 152 valence electrons. The summed E-state index contributed by atoms with van der Waals surface area (Å²) in [5.41, 5.74) is 1.32. The highest BCUT2D eigenvalue weighted by molar-refractivity contribution is 7.91. The van der Waals surface area contributed by atoms with Gasteiger partial charge in [0, 0.05) is 5.41 Å². The molecule has 1 aromatic carbocycles. The van der Waals surface area contributed by atoms with E-state index in [1.807, 2.05) is 12.1 Å². The van der Waals surface area contributed by atoms with E-state index in [0.717, 1.165) is 62.4 Å². The maximum absolute atomic E-state index is 12.7. The van der Waals surface area contributed by atoms with E-state index in [1.54, 1.807) is 0 Å². The molecule has 2 aliphatic carbocycles. The average molecular weight is 393 g/mol. The second-order valence-electron chi connectivity index (χ2n) is 10.0. The van der Waals surface area contributed by atoms with Crippen molar-refractivity contribution in [2.75, 3.05) is 18.1 Å². The van der Waals surface area contributed by atoms with Gasteiger partial charge in [-0.2, -0.15) is 0 Å². The van der Waals surface area contributed by atoms with Gasteiger partial charge in [0.25, 0.3) is 0 Å². The number of sulfone groups is 1. The molecule has 0 bridgehead atoms. The molecule has 3 nitrogen and oxygen atoms in total. The van der Waals surface area contributed by atoms with Gasteiger partial charge in [-0.1, -0.05) is 45.7 Å². The van der Waals surface area contributed by atoms with E-state index in [2.05, 4.69) is 32.9 Å². The van der Waals surface area contributed by atoms with E-state index in [4.69, 9.17) is 4.74 Å². The molecule has 2 fully saturated rings. The lowest BCUT2D eigenvalue weighted by atomic mass is 9.90. The minimum Gasteiger partial charge on any atom is -0.493 e. The van der Waals surface area contributed by atoms with E-state index in [0.29, 0.717) is 16.9 Å². The van der Waals surface area contributed by atoms with Gasteiger partial charge in [0.05, 0.1) is 18.1 Å². The quantitative estimate of drug-likeness (QED) is 0.465. The molecule has 27 heavy (non-hydrogen) atoms. The van der Waals surface area contributed by atoms with Gasteiger partial charge >= 0.3 is 0 Å². The number of benzene rings is 1. The normalized spacial score (nSPS) is 19.1. The van der Waals surface area contributed by atoms with Crippen LogP contribution in [-0.4, -0.2) is 26.5 Å². The molecule has 2 saturated carbocycles. The van der Waals surface area contributed by atoms with E-state index in [9.17, 15) is 8.42 Å². The number of hydrogen-bond acceptors (Lipinski definition) is 3. The van der Waals surface area contributed by atoms with E-state index < -0.39 is 9.84 Å². The summed E-state index contributed by atoms with van der Waals surface area (Å²) in [7, 11) is -3.01. The Labute approximate surface area is 165 Å². The van der Waals surface area contributed by atoms with E-state index >= 15 is 0 Å². The molecule has 0 atom stereocenters. The molecule has 0 amide bonds. The summed E-state index contributed by atoms with van der Waals surface area (Å²) in [5, 5.41) is 0. The first-order valence-electron chi connectivity index (χ1n) is 10.6. The molecule has 0 spiro atoms. The van der Waals surface area contributed by atoms with Crippen LogP contribution < -0.4 is 4.74 Å². The zero-order valence-corrected chi connectivity index (χ0v) is 18.1. The Bertz CT molecular complexity index is 722. The van der Waals surface area contributed by atoms with Crippen molar-refractivity contribution in [3.05, 3.63) is 29.8 Å². The Balaban J connectivity index is 1.50. The third-order valence-corrected chi connectivity index (χ3v) is 7.76. The van der Waals surface area contributed by atoms with Gasteiger partial charge in [0.2, 0.25) is 0 Å². The molecule has 2 aliphatic rings. The van der Waals surface area contributed by atoms with Crippen LogP contribution in [0.15, 0.2) is 24.3 Å². The fourth-order valence-corrected chi connectivity index (χ4v) is 5.81. The predicted octanol–water partition coefficient (Wildman–Crippen LogP) is 5.53. The molecule has 0 aromatic heterocycles. The zero-order valence-electron chi connectivity index (χ0n) is 17.3. The summed E-state index contributed by atoms with van der Waals surface area (Å²) < 4.78 is 31.3. The van der Waals surface area contributed by atoms with Crippen molar-refractivity contribution in [1.82, 2.24) is 0 Å².